The van der Waals surface area contributed by atoms with Gasteiger partial charge in [0.15, 0.2) is 0 Å². The minimum absolute atomic E-state index is 0.0423. The molecule has 0 unspecified atom stereocenters. The van der Waals surface area contributed by atoms with Gasteiger partial charge in [0.1, 0.15) is 60.4 Å². The highest BCUT2D eigenvalue weighted by Gasteiger charge is 2.40. The van der Waals surface area contributed by atoms with Crippen molar-refractivity contribution < 1.29 is 72.2 Å². The first-order valence-corrected chi connectivity index (χ1v) is 38.2. The average Bonchev–Trinajstić information content (AvgIpc) is 1.66. The Hall–Kier alpha value is -11.9. The first-order valence-electron chi connectivity index (χ1n) is 36.6. The molecular weight excluding hydrogens is 1500 g/mol. The van der Waals surface area contributed by atoms with Crippen LogP contribution >= 0.6 is 23.4 Å². The number of nitrogens with one attached hydrogen (secondary N) is 9. The number of carbonyl (C=O) groups is 14. The number of unbranched alkanes of at least 4 members (excludes halogenated alkanes) is 1. The van der Waals surface area contributed by atoms with Crippen LogP contribution in [0, 0.1) is 5.92 Å². The van der Waals surface area contributed by atoms with E-state index in [-0.39, 0.29) is 75.6 Å². The summed E-state index contributed by atoms with van der Waals surface area (Å²) >= 11 is 7.56. The number of thioether (sulfide) groups is 1. The molecular formula is C78H97ClN18O15S. The summed E-state index contributed by atoms with van der Waals surface area (Å²) in [4.78, 5) is 208. The molecule has 33 nitrogen and oxygen atoms in total. The van der Waals surface area contributed by atoms with Gasteiger partial charge in [0.25, 0.3) is 0 Å². The van der Waals surface area contributed by atoms with E-state index in [0.29, 0.717) is 49.1 Å². The highest BCUT2D eigenvalue weighted by atomic mass is 35.5. The van der Waals surface area contributed by atoms with E-state index in [1.807, 2.05) is 12.1 Å². The third kappa shape index (κ3) is 24.3. The zero-order valence-corrected chi connectivity index (χ0v) is 65.0. The van der Waals surface area contributed by atoms with E-state index in [0.717, 1.165) is 27.1 Å². The summed E-state index contributed by atoms with van der Waals surface area (Å²) in [5.41, 5.74) is 26.4. The van der Waals surface area contributed by atoms with E-state index in [1.165, 1.54) is 44.7 Å². The second-order valence-corrected chi connectivity index (χ2v) is 29.7. The Labute approximate surface area is 661 Å². The van der Waals surface area contributed by atoms with E-state index in [9.17, 15) is 38.7 Å². The molecule has 18 N–H and O–H groups in total. The number of hydrogen-bond acceptors (Lipinski definition) is 17. The van der Waals surface area contributed by atoms with Crippen LogP contribution in [0.3, 0.4) is 0 Å². The van der Waals surface area contributed by atoms with Gasteiger partial charge in [-0.15, -0.1) is 11.8 Å². The Morgan fingerprint density at radius 1 is 0.558 bits per heavy atom. The summed E-state index contributed by atoms with van der Waals surface area (Å²) in [6, 6.07) is 12.6. The van der Waals surface area contributed by atoms with E-state index < -0.39 is 168 Å². The highest BCUT2D eigenvalue weighted by Crippen LogP contribution is 2.29. The van der Waals surface area contributed by atoms with Gasteiger partial charge in [0, 0.05) is 119 Å². The van der Waals surface area contributed by atoms with Crippen molar-refractivity contribution in [2.75, 3.05) is 38.8 Å². The Morgan fingerprint density at radius 3 is 1.73 bits per heavy atom. The van der Waals surface area contributed by atoms with E-state index in [2.05, 4.69) is 52.8 Å². The molecule has 35 heteroatoms. The smallest absolute Gasteiger partial charge is 0.312 e. The molecule has 8 rings (SSSR count). The average molecular weight is 1590 g/mol. The molecule has 0 aliphatic carbocycles. The van der Waals surface area contributed by atoms with Gasteiger partial charge in [-0.1, -0.05) is 104 Å². The molecule has 0 saturated carbocycles. The lowest BCUT2D eigenvalue weighted by molar-refractivity contribution is -0.144. The SMILES string of the molecule is CC(C)C[C@@H]1NC(=O)[C@H](CC(N)=O)NC(=O)[C@H](Cc2cccnc2)N(C)C(=O)[C@@H](Cc2cccc(C(N)=O)c2)NC(=O)CSC[C@@H](C(N)=O)NC(=O)[C@H](Cc2cn(C)c3ccccc23)NC(=O)[C@H](CCCCNC(N)=O)NC(=O)[C@H](Cc2cn(C)c3c(Cl)cccc23)NC(=O)[C@H](Cc2ccccc2)N(C)C(=O)[C@H](CO)NC1=O. The highest BCUT2D eigenvalue weighted by molar-refractivity contribution is 8.00. The zero-order chi connectivity index (χ0) is 82.3. The van der Waals surface area contributed by atoms with Crippen LogP contribution in [-0.4, -0.2) is 211 Å². The summed E-state index contributed by atoms with van der Waals surface area (Å²) in [7, 11) is 5.97. The van der Waals surface area contributed by atoms with Crippen LogP contribution in [-0.2, 0) is 104 Å². The number of hydrogen-bond donors (Lipinski definition) is 14. The van der Waals surface area contributed by atoms with Crippen LogP contribution in [0.5, 0.6) is 0 Å². The maximum atomic E-state index is 15.6. The van der Waals surface area contributed by atoms with Crippen LogP contribution in [0.1, 0.15) is 84.1 Å². The number of aliphatic hydroxyl groups excluding tert-OH is 1. The number of amides is 15. The quantitative estimate of drug-likeness (QED) is 0.0392. The third-order valence-electron chi connectivity index (χ3n) is 19.3. The minimum atomic E-state index is -1.86. The Kier molecular flexibility index (Phi) is 31.3. The summed E-state index contributed by atoms with van der Waals surface area (Å²) in [6.45, 7) is 2.36. The fourth-order valence-corrected chi connectivity index (χ4v) is 14.6. The number of para-hydroxylation sites is 2. The zero-order valence-electron chi connectivity index (χ0n) is 63.4. The number of nitrogens with zero attached hydrogens (tertiary/aromatic N) is 5. The molecule has 113 heavy (non-hydrogen) atoms. The number of urea groups is 1. The largest absolute Gasteiger partial charge is 0.394 e. The molecule has 0 bridgehead atoms. The van der Waals surface area contributed by atoms with Crippen LogP contribution < -0.4 is 70.8 Å². The van der Waals surface area contributed by atoms with Crippen LogP contribution in [0.4, 0.5) is 4.79 Å². The van der Waals surface area contributed by atoms with Crippen molar-refractivity contribution in [3.63, 3.8) is 0 Å². The Bertz CT molecular complexity index is 4640. The third-order valence-corrected chi connectivity index (χ3v) is 20.6. The topological polar surface area (TPSA) is 501 Å². The number of aromatic nitrogens is 3. The number of fused-ring (bicyclic) bond motifs is 2. The molecule has 4 aromatic carbocycles. The molecule has 15 amide bonds. The summed E-state index contributed by atoms with van der Waals surface area (Å²) in [6.07, 6.45) is 4.03. The van der Waals surface area contributed by atoms with Crippen molar-refractivity contribution in [2.24, 2.45) is 42.9 Å². The number of nitrogens with two attached hydrogens (primary N) is 4. The second-order valence-electron chi connectivity index (χ2n) is 28.3. The molecule has 1 saturated heterocycles. The van der Waals surface area contributed by atoms with Crippen LogP contribution in [0.2, 0.25) is 5.02 Å². The van der Waals surface area contributed by atoms with Gasteiger partial charge >= 0.3 is 6.03 Å². The maximum absolute atomic E-state index is 15.6. The number of benzene rings is 4. The van der Waals surface area contributed by atoms with Crippen molar-refractivity contribution in [2.45, 2.75) is 138 Å². The number of carbonyl (C=O) groups excluding carboxylic acids is 14. The molecule has 1 aliphatic rings. The first kappa shape index (κ1) is 86.7. The van der Waals surface area contributed by atoms with Gasteiger partial charge in [-0.2, -0.15) is 0 Å². The van der Waals surface area contributed by atoms with Crippen LogP contribution in [0.25, 0.3) is 21.8 Å². The van der Waals surface area contributed by atoms with Gasteiger partial charge in [0.05, 0.1) is 29.3 Å². The Balaban J connectivity index is 1.24. The fraction of sp³-hybridized carbons (Fsp3) is 0.397. The maximum Gasteiger partial charge on any atom is 0.312 e. The molecule has 0 radical (unpaired) electrons. The molecule has 1 fully saturated rings. The van der Waals surface area contributed by atoms with Crippen molar-refractivity contribution in [1.29, 1.82) is 0 Å². The lowest BCUT2D eigenvalue weighted by Crippen LogP contribution is -2.62. The monoisotopic (exact) mass is 1590 g/mol. The summed E-state index contributed by atoms with van der Waals surface area (Å²) < 4.78 is 3.52. The number of primary amides is 4. The molecule has 602 valence electrons. The normalized spacial score (nSPS) is 21.6. The molecule has 3 aromatic heterocycles. The van der Waals surface area contributed by atoms with E-state index in [1.54, 1.807) is 128 Å². The number of aryl methyl sites for hydroxylation is 2. The van der Waals surface area contributed by atoms with Crippen molar-refractivity contribution in [3.8, 4) is 0 Å². The number of likely N-dealkylation sites (N-methyl/N-ethyl adjacent to an activating group) is 2. The molecule has 7 aromatic rings. The standard InChI is InChI=1S/C78H97ClN18O15S/c1-43(2)29-54-70(104)92-59(40-98)77(111)97(6)62(32-44-17-8-7-9-18-44)74(108)90-56(35-49-39-95(4)66-51(49)23-15-24-52(66)79)71(105)87-53(25-12-13-28-85-78(83)112)69(103)89-55(34-48-38-94(3)61-26-11-10-22-50(48)61)72(106)93-60(68(82)102)41-113-42-65(100)86-58(31-45-19-14-21-47(30-45)67(81)101)76(110)96(5)63(33-46-20-16-27-84-37-46)75(109)91-57(36-64(80)99)73(107)88-54/h7-11,14-24,26-27,30,37-39,43,53-60,62-63,98H,12-13,25,28-29,31-36,40-42H2,1-6H3,(H2,80,99)(H2,81,101)(H2,82,102)(H,86,100)(H,87,105)(H,88,107)(H,89,103)(H,90,108)(H,91,109)(H,92,104)(H,93,106)(H3,83,85,112)/t53-,54-,55-,56-,57-,58+,59-,60-,62-,63-/m0/s1. The van der Waals surface area contributed by atoms with Gasteiger partial charge in [-0.25, -0.2) is 4.79 Å². The lowest BCUT2D eigenvalue weighted by Gasteiger charge is -2.33. The van der Waals surface area contributed by atoms with Gasteiger partial charge in [0.2, 0.25) is 76.8 Å². The predicted molar refractivity (Wildman–Crippen MR) is 422 cm³/mol. The van der Waals surface area contributed by atoms with Gasteiger partial charge in [-0.05, 0) is 89.8 Å². The van der Waals surface area contributed by atoms with Crippen molar-refractivity contribution in [3.05, 3.63) is 172 Å². The van der Waals surface area contributed by atoms with Crippen molar-refractivity contribution in [1.82, 2.24) is 71.8 Å². The van der Waals surface area contributed by atoms with Crippen LogP contribution in [0.15, 0.2) is 134 Å². The molecule has 1 aliphatic heterocycles. The first-order chi connectivity index (χ1) is 53.8. The van der Waals surface area contributed by atoms with E-state index >= 15 is 33.6 Å². The Morgan fingerprint density at radius 2 is 1.10 bits per heavy atom. The lowest BCUT2D eigenvalue weighted by atomic mass is 9.99. The second kappa shape index (κ2) is 40.9. The van der Waals surface area contributed by atoms with Gasteiger partial charge in [-0.3, -0.25) is 67.3 Å². The number of pyridine rings is 1. The molecule has 4 heterocycles. The number of halogens is 1. The fourth-order valence-electron chi connectivity index (χ4n) is 13.4. The molecule has 0 spiro atoms. The number of rotatable bonds is 22. The van der Waals surface area contributed by atoms with E-state index in [4.69, 9.17) is 34.5 Å². The predicted octanol–water partition coefficient (Wildman–Crippen LogP) is -0.153. The van der Waals surface area contributed by atoms with Gasteiger partial charge < -0.3 is 94.8 Å². The minimum Gasteiger partial charge on any atom is -0.394 e. The van der Waals surface area contributed by atoms with Crippen molar-refractivity contribution >= 4 is 128 Å². The number of aliphatic hydroxyl groups is 1. The summed E-state index contributed by atoms with van der Waals surface area (Å²) in [5.74, 6) is -14.1. The molecule has 10 atom stereocenters. The summed E-state index contributed by atoms with van der Waals surface area (Å²) in [5, 5.41) is 36.6.